The van der Waals surface area contributed by atoms with E-state index in [4.69, 9.17) is 16.0 Å². The number of fused-ring (bicyclic) bond motifs is 1. The number of benzene rings is 1. The smallest absolute Gasteiger partial charge is 0.228 e. The first-order valence-electron chi connectivity index (χ1n) is 6.29. The molecule has 0 spiro atoms. The van der Waals surface area contributed by atoms with Gasteiger partial charge in [0.05, 0.1) is 11.2 Å². The monoisotopic (exact) mass is 353 g/mol. The van der Waals surface area contributed by atoms with Gasteiger partial charge in [-0.2, -0.15) is 0 Å². The molecule has 5 heteroatoms. The van der Waals surface area contributed by atoms with Crippen LogP contribution in [-0.4, -0.2) is 5.91 Å². The number of nitrogens with one attached hydrogen (secondary N) is 1. The molecule has 1 amide bonds. The summed E-state index contributed by atoms with van der Waals surface area (Å²) in [4.78, 5) is 11.4. The van der Waals surface area contributed by atoms with Gasteiger partial charge in [0.25, 0.3) is 0 Å². The number of rotatable bonds is 2. The molecule has 20 heavy (non-hydrogen) atoms. The summed E-state index contributed by atoms with van der Waals surface area (Å²) in [5.74, 6) is 1.75. The van der Waals surface area contributed by atoms with Crippen molar-refractivity contribution in [2.75, 3.05) is 5.32 Å². The number of alkyl halides is 1. The van der Waals surface area contributed by atoms with Gasteiger partial charge in [-0.15, -0.1) is 0 Å². The molecule has 104 valence electrons. The van der Waals surface area contributed by atoms with Gasteiger partial charge in [-0.1, -0.05) is 33.6 Å². The third-order valence-electron chi connectivity index (χ3n) is 3.47. The van der Waals surface area contributed by atoms with Gasteiger partial charge in [-0.25, -0.2) is 0 Å². The van der Waals surface area contributed by atoms with E-state index in [-0.39, 0.29) is 10.7 Å². The lowest BCUT2D eigenvalue weighted by Gasteiger charge is -2.13. The zero-order valence-electron chi connectivity index (χ0n) is 11.1. The van der Waals surface area contributed by atoms with Gasteiger partial charge in [0.2, 0.25) is 5.91 Å². The van der Waals surface area contributed by atoms with Crippen molar-refractivity contribution in [3.63, 3.8) is 0 Å². The first kappa shape index (κ1) is 13.7. The minimum Gasteiger partial charge on any atom is -0.466 e. The van der Waals surface area contributed by atoms with Crippen molar-refractivity contribution in [1.82, 2.24) is 0 Å². The second kappa shape index (κ2) is 4.93. The second-order valence-corrected chi connectivity index (χ2v) is 6.31. The molecule has 0 saturated heterocycles. The first-order valence-corrected chi connectivity index (χ1v) is 7.58. The number of aryl methyl sites for hydroxylation is 2. The molecule has 1 atom stereocenters. The largest absolute Gasteiger partial charge is 0.466 e. The fraction of sp³-hybridized carbons (Fsp3) is 0.267. The Morgan fingerprint density at radius 3 is 2.70 bits per heavy atom. The van der Waals surface area contributed by atoms with Crippen LogP contribution in [0.5, 0.6) is 0 Å². The van der Waals surface area contributed by atoms with Gasteiger partial charge >= 0.3 is 0 Å². The number of carbonyl (C=O) groups is 1. The zero-order chi connectivity index (χ0) is 14.4. The molecular weight excluding hydrogens is 342 g/mol. The van der Waals surface area contributed by atoms with Crippen LogP contribution in [-0.2, 0) is 11.2 Å². The minimum absolute atomic E-state index is 0.00896. The Bertz CT molecular complexity index is 708. The van der Waals surface area contributed by atoms with E-state index in [1.165, 1.54) is 0 Å². The van der Waals surface area contributed by atoms with E-state index in [0.29, 0.717) is 11.4 Å². The molecule has 1 aliphatic heterocycles. The van der Waals surface area contributed by atoms with Crippen LogP contribution < -0.4 is 5.32 Å². The fourth-order valence-corrected chi connectivity index (χ4v) is 3.77. The van der Waals surface area contributed by atoms with Crippen LogP contribution in [0.4, 0.5) is 5.69 Å². The van der Waals surface area contributed by atoms with Crippen LogP contribution in [0.3, 0.4) is 0 Å². The van der Waals surface area contributed by atoms with Gasteiger partial charge in [0.1, 0.15) is 11.5 Å². The standard InChI is InChI=1S/C15H13BrClNO2/c1-7-3-10(8(2)20-7)15(16)11-4-9-5-14(19)18-13(9)6-12(11)17/h3-4,6,15H,5H2,1-2H3,(H,18,19). The molecule has 1 N–H and O–H groups in total. The number of halogens is 2. The Morgan fingerprint density at radius 1 is 1.30 bits per heavy atom. The Morgan fingerprint density at radius 2 is 2.05 bits per heavy atom. The molecule has 2 heterocycles. The number of hydrogen-bond donors (Lipinski definition) is 1. The molecule has 0 bridgehead atoms. The van der Waals surface area contributed by atoms with Crippen molar-refractivity contribution >= 4 is 39.1 Å². The molecule has 1 aliphatic rings. The number of carbonyl (C=O) groups excluding carboxylic acids is 1. The quantitative estimate of drug-likeness (QED) is 0.805. The van der Waals surface area contributed by atoms with Crippen molar-refractivity contribution in [2.24, 2.45) is 0 Å². The number of hydrogen-bond acceptors (Lipinski definition) is 2. The van der Waals surface area contributed by atoms with Crippen molar-refractivity contribution in [3.8, 4) is 0 Å². The van der Waals surface area contributed by atoms with E-state index < -0.39 is 0 Å². The van der Waals surface area contributed by atoms with E-state index in [2.05, 4.69) is 21.2 Å². The van der Waals surface area contributed by atoms with Crippen LogP contribution in [0.1, 0.15) is 33.0 Å². The Balaban J connectivity index is 2.04. The van der Waals surface area contributed by atoms with Crippen molar-refractivity contribution in [2.45, 2.75) is 25.1 Å². The van der Waals surface area contributed by atoms with Crippen molar-refractivity contribution < 1.29 is 9.21 Å². The van der Waals surface area contributed by atoms with E-state index in [0.717, 1.165) is 33.9 Å². The Labute approximate surface area is 130 Å². The fourth-order valence-electron chi connectivity index (χ4n) is 2.53. The van der Waals surface area contributed by atoms with Crippen LogP contribution in [0.2, 0.25) is 5.02 Å². The van der Waals surface area contributed by atoms with Gasteiger partial charge in [0, 0.05) is 16.3 Å². The zero-order valence-corrected chi connectivity index (χ0v) is 13.4. The van der Waals surface area contributed by atoms with Crippen molar-refractivity contribution in [3.05, 3.63) is 51.4 Å². The molecule has 0 saturated carbocycles. The maximum absolute atomic E-state index is 11.4. The lowest BCUT2D eigenvalue weighted by atomic mass is 10.0. The maximum Gasteiger partial charge on any atom is 0.228 e. The molecule has 1 aromatic carbocycles. The molecule has 1 aromatic heterocycles. The van der Waals surface area contributed by atoms with E-state index in [1.807, 2.05) is 32.0 Å². The molecule has 2 aromatic rings. The van der Waals surface area contributed by atoms with Gasteiger partial charge in [-0.05, 0) is 37.1 Å². The summed E-state index contributed by atoms with van der Waals surface area (Å²) in [6.07, 6.45) is 0.405. The molecule has 1 unspecified atom stereocenters. The molecule has 0 radical (unpaired) electrons. The molecule has 3 nitrogen and oxygen atoms in total. The molecule has 0 aliphatic carbocycles. The Kier molecular flexibility index (Phi) is 3.38. The van der Waals surface area contributed by atoms with Crippen LogP contribution in [0.15, 0.2) is 22.6 Å². The summed E-state index contributed by atoms with van der Waals surface area (Å²) in [5.41, 5.74) is 3.80. The highest BCUT2D eigenvalue weighted by molar-refractivity contribution is 9.09. The summed E-state index contributed by atoms with van der Waals surface area (Å²) in [6.45, 7) is 3.85. The first-order chi connectivity index (χ1) is 9.45. The third kappa shape index (κ3) is 2.27. The van der Waals surface area contributed by atoms with Crippen LogP contribution >= 0.6 is 27.5 Å². The number of anilines is 1. The summed E-state index contributed by atoms with van der Waals surface area (Å²) in [7, 11) is 0. The highest BCUT2D eigenvalue weighted by Gasteiger charge is 2.24. The normalized spacial score (nSPS) is 15.1. The summed E-state index contributed by atoms with van der Waals surface area (Å²) >= 11 is 10.0. The highest BCUT2D eigenvalue weighted by atomic mass is 79.9. The average Bonchev–Trinajstić information content (AvgIpc) is 2.88. The lowest BCUT2D eigenvalue weighted by molar-refractivity contribution is -0.115. The summed E-state index contributed by atoms with van der Waals surface area (Å²) in [6, 6.07) is 5.80. The van der Waals surface area contributed by atoms with Gasteiger partial charge in [-0.3, -0.25) is 4.79 Å². The van der Waals surface area contributed by atoms with Crippen LogP contribution in [0, 0.1) is 13.8 Å². The topological polar surface area (TPSA) is 42.2 Å². The van der Waals surface area contributed by atoms with Crippen molar-refractivity contribution in [1.29, 1.82) is 0 Å². The second-order valence-electron chi connectivity index (χ2n) is 4.99. The van der Waals surface area contributed by atoms with E-state index >= 15 is 0 Å². The highest BCUT2D eigenvalue weighted by Crippen LogP contribution is 2.41. The van der Waals surface area contributed by atoms with Crippen LogP contribution in [0.25, 0.3) is 0 Å². The minimum atomic E-state index is -0.0477. The third-order valence-corrected chi connectivity index (χ3v) is 4.79. The average molecular weight is 355 g/mol. The Hall–Kier alpha value is -1.26. The maximum atomic E-state index is 11.4. The molecule has 3 rings (SSSR count). The predicted octanol–water partition coefficient (Wildman–Crippen LogP) is 4.53. The van der Waals surface area contributed by atoms with Gasteiger partial charge < -0.3 is 9.73 Å². The molecule has 0 fully saturated rings. The molecular formula is C15H13BrClNO2. The van der Waals surface area contributed by atoms with E-state index in [9.17, 15) is 4.79 Å². The van der Waals surface area contributed by atoms with Gasteiger partial charge in [0.15, 0.2) is 0 Å². The van der Waals surface area contributed by atoms with E-state index in [1.54, 1.807) is 0 Å². The number of amides is 1. The SMILES string of the molecule is Cc1cc(C(Br)c2cc3c(cc2Cl)NC(=O)C3)c(C)o1. The summed E-state index contributed by atoms with van der Waals surface area (Å²) < 4.78 is 5.57. The lowest BCUT2D eigenvalue weighted by Crippen LogP contribution is -2.03. The summed E-state index contributed by atoms with van der Waals surface area (Å²) in [5, 5.41) is 3.43. The predicted molar refractivity (Wildman–Crippen MR) is 82.7 cm³/mol. The number of furan rings is 1.